The van der Waals surface area contributed by atoms with Crippen LogP contribution >= 0.6 is 0 Å². The molecule has 3 aromatic rings. The Morgan fingerprint density at radius 2 is 2.19 bits per heavy atom. The maximum absolute atomic E-state index is 12.3. The fraction of sp³-hybridized carbons (Fsp3) is 0.429. The van der Waals surface area contributed by atoms with Crippen molar-refractivity contribution in [3.8, 4) is 6.07 Å². The van der Waals surface area contributed by atoms with E-state index in [1.54, 1.807) is 0 Å². The second kappa shape index (κ2) is 7.32. The van der Waals surface area contributed by atoms with E-state index in [2.05, 4.69) is 15.8 Å². The molecule has 140 valence electrons. The third-order valence-corrected chi connectivity index (χ3v) is 7.26. The first-order valence-electron chi connectivity index (χ1n) is 9.57. The Kier molecular flexibility index (Phi) is 4.88. The molecule has 1 N–H and O–H groups in total. The summed E-state index contributed by atoms with van der Waals surface area (Å²) < 4.78 is 14.3. The zero-order valence-corrected chi connectivity index (χ0v) is 16.6. The van der Waals surface area contributed by atoms with Gasteiger partial charge >= 0.3 is 0 Å². The number of aromatic nitrogens is 2. The molecule has 0 aliphatic heterocycles. The number of nitrogens with one attached hydrogen (secondary N) is 1. The minimum Gasteiger partial charge on any atom is -0.368 e. The summed E-state index contributed by atoms with van der Waals surface area (Å²) in [5, 5.41) is 13.6. The van der Waals surface area contributed by atoms with E-state index in [0.717, 1.165) is 53.9 Å². The molecule has 0 bridgehead atoms. The summed E-state index contributed by atoms with van der Waals surface area (Å²) in [4.78, 5) is 4.71. The van der Waals surface area contributed by atoms with Gasteiger partial charge in [0.1, 0.15) is 11.9 Å². The first-order chi connectivity index (χ1) is 13.1. The average Bonchev–Trinajstić information content (AvgIpc) is 3.07. The number of benzene rings is 1. The molecule has 27 heavy (non-hydrogen) atoms. The Morgan fingerprint density at radius 3 is 2.96 bits per heavy atom. The molecule has 3 atom stereocenters. The molecule has 1 aromatic carbocycles. The Hall–Kier alpha value is -2.39. The number of para-hydroxylation sites is 2. The van der Waals surface area contributed by atoms with Gasteiger partial charge < -0.3 is 5.32 Å². The summed E-state index contributed by atoms with van der Waals surface area (Å²) in [5.74, 6) is 1.69. The van der Waals surface area contributed by atoms with Crippen LogP contribution in [0.3, 0.4) is 0 Å². The van der Waals surface area contributed by atoms with Crippen LogP contribution < -0.4 is 5.32 Å². The molecule has 5 nitrogen and oxygen atoms in total. The van der Waals surface area contributed by atoms with E-state index in [1.165, 1.54) is 0 Å². The molecule has 3 unspecified atom stereocenters. The van der Waals surface area contributed by atoms with Crippen LogP contribution in [0, 0.1) is 18.3 Å². The fourth-order valence-electron chi connectivity index (χ4n) is 4.16. The van der Waals surface area contributed by atoms with E-state index in [4.69, 9.17) is 4.98 Å². The summed E-state index contributed by atoms with van der Waals surface area (Å²) >= 11 is 0. The molecule has 0 spiro atoms. The normalized spacial score (nSPS) is 21.2. The van der Waals surface area contributed by atoms with E-state index in [1.807, 2.05) is 44.2 Å². The molecule has 1 fully saturated rings. The summed E-state index contributed by atoms with van der Waals surface area (Å²) in [6, 6.07) is 12.6. The molecule has 1 aliphatic carbocycles. The molecule has 2 heterocycles. The van der Waals surface area contributed by atoms with Gasteiger partial charge in [0, 0.05) is 27.8 Å². The molecule has 0 saturated heterocycles. The number of nitriles is 1. The first kappa shape index (κ1) is 18.0. The standard InChI is InChI=1S/C21H24N4OS/c1-3-27(26)16-8-6-7-15(12-16)23-20-11-14(2)17(13-22)21-24-18-9-4-5-10-19(18)25(20)21/h4-5,9-11,15-16,23H,3,6-8,12H2,1-2H3. The lowest BCUT2D eigenvalue weighted by Crippen LogP contribution is -2.33. The van der Waals surface area contributed by atoms with Gasteiger partial charge in [-0.05, 0) is 49.9 Å². The maximum Gasteiger partial charge on any atom is 0.157 e. The Morgan fingerprint density at radius 1 is 1.37 bits per heavy atom. The van der Waals surface area contributed by atoms with Crippen molar-refractivity contribution in [2.45, 2.75) is 50.8 Å². The number of aryl methyl sites for hydroxylation is 1. The van der Waals surface area contributed by atoms with Gasteiger partial charge in [-0.25, -0.2) is 4.98 Å². The van der Waals surface area contributed by atoms with Gasteiger partial charge in [0.25, 0.3) is 0 Å². The summed E-state index contributed by atoms with van der Waals surface area (Å²) in [5.41, 5.74) is 4.12. The molecule has 1 saturated carbocycles. The summed E-state index contributed by atoms with van der Waals surface area (Å²) in [6.07, 6.45) is 4.14. The number of hydrogen-bond donors (Lipinski definition) is 1. The van der Waals surface area contributed by atoms with E-state index in [-0.39, 0.29) is 11.3 Å². The second-order valence-electron chi connectivity index (χ2n) is 7.26. The topological polar surface area (TPSA) is 70.2 Å². The minimum absolute atomic E-state index is 0.274. The Balaban J connectivity index is 1.78. The molecule has 6 heteroatoms. The van der Waals surface area contributed by atoms with Crippen LogP contribution in [-0.4, -0.2) is 30.6 Å². The van der Waals surface area contributed by atoms with Crippen LogP contribution in [0.2, 0.25) is 0 Å². The predicted octanol–water partition coefficient (Wildman–Crippen LogP) is 4.16. The highest BCUT2D eigenvalue weighted by Crippen LogP contribution is 2.30. The van der Waals surface area contributed by atoms with Gasteiger partial charge in [-0.2, -0.15) is 5.26 Å². The molecule has 1 aliphatic rings. The van der Waals surface area contributed by atoms with Crippen LogP contribution in [0.4, 0.5) is 5.82 Å². The van der Waals surface area contributed by atoms with Crippen LogP contribution in [0.5, 0.6) is 0 Å². The number of imidazole rings is 1. The van der Waals surface area contributed by atoms with Crippen LogP contribution in [-0.2, 0) is 10.8 Å². The monoisotopic (exact) mass is 380 g/mol. The van der Waals surface area contributed by atoms with E-state index < -0.39 is 10.8 Å². The van der Waals surface area contributed by atoms with E-state index in [9.17, 15) is 9.47 Å². The number of fused-ring (bicyclic) bond motifs is 3. The third kappa shape index (κ3) is 3.21. The highest BCUT2D eigenvalue weighted by Gasteiger charge is 2.26. The lowest BCUT2D eigenvalue weighted by atomic mass is 9.95. The number of hydrogen-bond acceptors (Lipinski definition) is 4. The number of nitrogens with zero attached hydrogens (tertiary/aromatic N) is 3. The minimum atomic E-state index is -0.745. The molecule has 4 rings (SSSR count). The Labute approximate surface area is 161 Å². The van der Waals surface area contributed by atoms with Crippen molar-refractivity contribution < 1.29 is 4.21 Å². The second-order valence-corrected chi connectivity index (χ2v) is 9.26. The highest BCUT2D eigenvalue weighted by molar-refractivity contribution is 7.85. The largest absolute Gasteiger partial charge is 0.368 e. The van der Waals surface area contributed by atoms with Gasteiger partial charge in [-0.1, -0.05) is 25.5 Å². The van der Waals surface area contributed by atoms with E-state index in [0.29, 0.717) is 11.2 Å². The summed E-state index contributed by atoms with van der Waals surface area (Å²) in [7, 11) is -0.745. The quantitative estimate of drug-likeness (QED) is 0.738. The highest BCUT2D eigenvalue weighted by atomic mass is 32.2. The van der Waals surface area contributed by atoms with Crippen LogP contribution in [0.15, 0.2) is 30.3 Å². The van der Waals surface area contributed by atoms with Crippen molar-refractivity contribution in [1.82, 2.24) is 9.38 Å². The number of anilines is 1. The fourth-order valence-corrected chi connectivity index (χ4v) is 5.51. The first-order valence-corrected chi connectivity index (χ1v) is 10.9. The van der Waals surface area contributed by atoms with Crippen molar-refractivity contribution in [2.24, 2.45) is 0 Å². The van der Waals surface area contributed by atoms with Crippen molar-refractivity contribution >= 4 is 33.3 Å². The van der Waals surface area contributed by atoms with Crippen LogP contribution in [0.25, 0.3) is 16.7 Å². The lowest BCUT2D eigenvalue weighted by Gasteiger charge is -2.30. The van der Waals surface area contributed by atoms with Gasteiger partial charge in [-0.15, -0.1) is 0 Å². The molecule has 0 radical (unpaired) electrons. The van der Waals surface area contributed by atoms with Crippen molar-refractivity contribution in [3.05, 3.63) is 41.5 Å². The Bertz CT molecular complexity index is 1070. The number of pyridine rings is 1. The zero-order chi connectivity index (χ0) is 19.0. The van der Waals surface area contributed by atoms with Gasteiger partial charge in [0.05, 0.1) is 16.6 Å². The molecular formula is C21H24N4OS. The zero-order valence-electron chi connectivity index (χ0n) is 15.7. The molecule has 0 amide bonds. The van der Waals surface area contributed by atoms with Crippen molar-refractivity contribution in [3.63, 3.8) is 0 Å². The van der Waals surface area contributed by atoms with E-state index >= 15 is 0 Å². The average molecular weight is 381 g/mol. The maximum atomic E-state index is 12.3. The predicted molar refractivity (Wildman–Crippen MR) is 111 cm³/mol. The molecule has 2 aromatic heterocycles. The lowest BCUT2D eigenvalue weighted by molar-refractivity contribution is 0.464. The van der Waals surface area contributed by atoms with Gasteiger partial charge in [0.15, 0.2) is 5.65 Å². The summed E-state index contributed by atoms with van der Waals surface area (Å²) in [6.45, 7) is 3.96. The van der Waals surface area contributed by atoms with Gasteiger partial charge in [-0.3, -0.25) is 8.61 Å². The number of rotatable bonds is 4. The SMILES string of the molecule is CCS(=O)C1CCCC(Nc2cc(C)c(C#N)c3nc4ccccc4n23)C1. The van der Waals surface area contributed by atoms with Crippen molar-refractivity contribution in [1.29, 1.82) is 5.26 Å². The molecular weight excluding hydrogens is 356 g/mol. The van der Waals surface area contributed by atoms with Gasteiger partial charge in [0.2, 0.25) is 0 Å². The smallest absolute Gasteiger partial charge is 0.157 e. The van der Waals surface area contributed by atoms with Crippen LogP contribution in [0.1, 0.15) is 43.7 Å². The third-order valence-electron chi connectivity index (χ3n) is 5.52. The van der Waals surface area contributed by atoms with Crippen molar-refractivity contribution in [2.75, 3.05) is 11.1 Å².